The molecule has 1 atom stereocenters. The van der Waals surface area contributed by atoms with Crippen molar-refractivity contribution >= 4 is 17.9 Å². The number of carbonyl (C=O) groups is 3. The number of hydrogen-bond donors (Lipinski definition) is 0. The molecule has 0 heterocycles. The Morgan fingerprint density at radius 2 is 0.500 bits per heavy atom. The van der Waals surface area contributed by atoms with Crippen LogP contribution in [0.15, 0.2) is 48.6 Å². The van der Waals surface area contributed by atoms with Crippen molar-refractivity contribution < 1.29 is 28.6 Å². The van der Waals surface area contributed by atoms with E-state index in [1.165, 1.54) is 250 Å². The molecule has 78 heavy (non-hydrogen) atoms. The minimum Gasteiger partial charge on any atom is -0.462 e. The van der Waals surface area contributed by atoms with Gasteiger partial charge in [0, 0.05) is 19.3 Å². The van der Waals surface area contributed by atoms with Crippen LogP contribution in [-0.2, 0) is 28.6 Å². The molecule has 0 radical (unpaired) electrons. The third-order valence-electron chi connectivity index (χ3n) is 15.6. The monoisotopic (exact) mass is 1090 g/mol. The smallest absolute Gasteiger partial charge is 0.306 e. The van der Waals surface area contributed by atoms with Crippen LogP contribution in [-0.4, -0.2) is 37.2 Å². The Kier molecular flexibility index (Phi) is 64.6. The van der Waals surface area contributed by atoms with Gasteiger partial charge in [0.1, 0.15) is 13.2 Å². The first-order valence-electron chi connectivity index (χ1n) is 34.6. The van der Waals surface area contributed by atoms with Crippen LogP contribution in [0.2, 0.25) is 0 Å². The largest absolute Gasteiger partial charge is 0.462 e. The quantitative estimate of drug-likeness (QED) is 0.0261. The molecule has 0 aliphatic carbocycles. The number of hydrogen-bond acceptors (Lipinski definition) is 6. The lowest BCUT2D eigenvalue weighted by atomic mass is 10.0. The van der Waals surface area contributed by atoms with Crippen molar-refractivity contribution in [2.24, 2.45) is 0 Å². The lowest BCUT2D eigenvalue weighted by molar-refractivity contribution is -0.167. The molecular weight excluding hydrogens is 961 g/mol. The van der Waals surface area contributed by atoms with Crippen LogP contribution in [0.25, 0.3) is 0 Å². The van der Waals surface area contributed by atoms with E-state index < -0.39 is 6.10 Å². The van der Waals surface area contributed by atoms with Gasteiger partial charge in [-0.3, -0.25) is 14.4 Å². The van der Waals surface area contributed by atoms with Crippen molar-refractivity contribution in [1.82, 2.24) is 0 Å². The lowest BCUT2D eigenvalue weighted by Gasteiger charge is -2.18. The van der Waals surface area contributed by atoms with Gasteiger partial charge >= 0.3 is 17.9 Å². The van der Waals surface area contributed by atoms with Gasteiger partial charge in [-0.25, -0.2) is 0 Å². The Labute approximate surface area is 486 Å². The summed E-state index contributed by atoms with van der Waals surface area (Å²) in [5, 5.41) is 0. The normalized spacial score (nSPS) is 12.3. The first-order valence-corrected chi connectivity index (χ1v) is 34.6. The van der Waals surface area contributed by atoms with Gasteiger partial charge in [-0.05, 0) is 57.8 Å². The minimum atomic E-state index is -0.772. The van der Waals surface area contributed by atoms with Gasteiger partial charge in [-0.2, -0.15) is 0 Å². The topological polar surface area (TPSA) is 78.9 Å². The third-order valence-corrected chi connectivity index (χ3v) is 15.6. The highest BCUT2D eigenvalue weighted by atomic mass is 16.6. The number of unbranched alkanes of at least 4 members (excludes halogenated alkanes) is 45. The molecule has 0 aliphatic rings. The summed E-state index contributed by atoms with van der Waals surface area (Å²) < 4.78 is 17.0. The highest BCUT2D eigenvalue weighted by Crippen LogP contribution is 2.18. The van der Waals surface area contributed by atoms with Crippen molar-refractivity contribution in [3.8, 4) is 0 Å². The predicted molar refractivity (Wildman–Crippen MR) is 339 cm³/mol. The van der Waals surface area contributed by atoms with Gasteiger partial charge in [0.15, 0.2) is 6.10 Å². The van der Waals surface area contributed by atoms with Crippen LogP contribution in [0.5, 0.6) is 0 Å². The van der Waals surface area contributed by atoms with Crippen LogP contribution in [0.3, 0.4) is 0 Å². The molecule has 0 amide bonds. The van der Waals surface area contributed by atoms with Crippen molar-refractivity contribution in [3.05, 3.63) is 48.6 Å². The van der Waals surface area contributed by atoms with Crippen molar-refractivity contribution in [3.63, 3.8) is 0 Å². The zero-order valence-electron chi connectivity index (χ0n) is 52.5. The Bertz CT molecular complexity index is 1350. The molecule has 0 saturated carbocycles. The fourth-order valence-corrected chi connectivity index (χ4v) is 10.4. The van der Waals surface area contributed by atoms with E-state index >= 15 is 0 Å². The summed E-state index contributed by atoms with van der Waals surface area (Å²) in [4.78, 5) is 38.4. The van der Waals surface area contributed by atoms with E-state index in [4.69, 9.17) is 14.2 Å². The highest BCUT2D eigenvalue weighted by Gasteiger charge is 2.19. The van der Waals surface area contributed by atoms with Gasteiger partial charge < -0.3 is 14.2 Å². The molecule has 0 spiro atoms. The molecule has 0 aromatic heterocycles. The first-order chi connectivity index (χ1) is 38.5. The SMILES string of the molecule is CC/C=C\C/C=C\C/C=C\C/C=C\CCCCCCCCCCCCC(=O)OCC(COC(=O)CCCCCCCCCCCCCCCCC)OC(=O)CCCCCCCCCCCCCCCCCCCCCCCC. The van der Waals surface area contributed by atoms with E-state index in [2.05, 4.69) is 69.4 Å². The number of rotatable bonds is 64. The van der Waals surface area contributed by atoms with Gasteiger partial charge in [-0.1, -0.05) is 345 Å². The maximum absolute atomic E-state index is 13.0. The molecule has 0 saturated heterocycles. The van der Waals surface area contributed by atoms with Crippen molar-refractivity contribution in [2.75, 3.05) is 13.2 Å². The summed E-state index contributed by atoms with van der Waals surface area (Å²) in [6.45, 7) is 6.60. The summed E-state index contributed by atoms with van der Waals surface area (Å²) in [5.41, 5.74) is 0. The number of allylic oxidation sites excluding steroid dienone is 8. The molecule has 0 aliphatic heterocycles. The molecular formula is C72H132O6. The second-order valence-corrected chi connectivity index (χ2v) is 23.4. The Morgan fingerprint density at radius 1 is 0.269 bits per heavy atom. The van der Waals surface area contributed by atoms with Crippen molar-refractivity contribution in [2.45, 2.75) is 380 Å². The van der Waals surface area contributed by atoms with Crippen LogP contribution >= 0.6 is 0 Å². The summed E-state index contributed by atoms with van der Waals surface area (Å²) in [6.07, 6.45) is 84.1. The zero-order valence-corrected chi connectivity index (χ0v) is 52.5. The highest BCUT2D eigenvalue weighted by molar-refractivity contribution is 5.71. The summed E-state index contributed by atoms with van der Waals surface area (Å²) >= 11 is 0. The van der Waals surface area contributed by atoms with E-state index in [-0.39, 0.29) is 31.1 Å². The van der Waals surface area contributed by atoms with Crippen LogP contribution in [0.4, 0.5) is 0 Å². The maximum atomic E-state index is 13.0. The molecule has 0 N–H and O–H groups in total. The van der Waals surface area contributed by atoms with E-state index in [1.54, 1.807) is 0 Å². The Balaban J connectivity index is 4.29. The standard InChI is InChI=1S/C72H132O6/c1-4-7-10-13-16-19-22-25-28-30-32-34-36-38-39-41-44-47-50-53-56-59-62-65-71(74)77-68-69(67-76-70(73)64-61-58-55-52-49-46-43-27-24-21-18-15-12-9-6-3)78-72(75)66-63-60-57-54-51-48-45-42-40-37-35-33-31-29-26-23-20-17-14-11-8-5-2/h7,10,16,19,25,28,32,34,69H,4-6,8-9,11-15,17-18,20-24,26-27,29-31,33,35-68H2,1-3H3/b10-7-,19-16-,28-25-,34-32-. The molecule has 0 rings (SSSR count). The average Bonchev–Trinajstić information content (AvgIpc) is 3.44. The molecule has 1 unspecified atom stereocenters. The molecule has 6 nitrogen and oxygen atoms in total. The molecule has 0 aromatic carbocycles. The third kappa shape index (κ3) is 64.2. The van der Waals surface area contributed by atoms with E-state index in [1.807, 2.05) is 0 Å². The summed E-state index contributed by atoms with van der Waals surface area (Å²) in [6, 6.07) is 0. The molecule has 0 bridgehead atoms. The van der Waals surface area contributed by atoms with Crippen LogP contribution < -0.4 is 0 Å². The van der Waals surface area contributed by atoms with Gasteiger partial charge in [-0.15, -0.1) is 0 Å². The second-order valence-electron chi connectivity index (χ2n) is 23.4. The first kappa shape index (κ1) is 75.4. The van der Waals surface area contributed by atoms with Crippen molar-refractivity contribution in [1.29, 1.82) is 0 Å². The predicted octanol–water partition coefficient (Wildman–Crippen LogP) is 23.7. The number of carbonyl (C=O) groups excluding carboxylic acids is 3. The Morgan fingerprint density at radius 3 is 0.782 bits per heavy atom. The summed E-state index contributed by atoms with van der Waals surface area (Å²) in [7, 11) is 0. The zero-order chi connectivity index (χ0) is 56.4. The second kappa shape index (κ2) is 66.9. The average molecular weight is 1090 g/mol. The number of ether oxygens (including phenoxy) is 3. The summed E-state index contributed by atoms with van der Waals surface area (Å²) in [5.74, 6) is -0.844. The van der Waals surface area contributed by atoms with Crippen LogP contribution in [0, 0.1) is 0 Å². The molecule has 456 valence electrons. The fourth-order valence-electron chi connectivity index (χ4n) is 10.4. The maximum Gasteiger partial charge on any atom is 0.306 e. The van der Waals surface area contributed by atoms with E-state index in [0.29, 0.717) is 19.3 Å². The van der Waals surface area contributed by atoms with Crippen LogP contribution in [0.1, 0.15) is 374 Å². The van der Waals surface area contributed by atoms with E-state index in [0.717, 1.165) is 83.5 Å². The number of esters is 3. The Hall–Kier alpha value is -2.63. The van der Waals surface area contributed by atoms with Gasteiger partial charge in [0.2, 0.25) is 0 Å². The van der Waals surface area contributed by atoms with Gasteiger partial charge in [0.05, 0.1) is 0 Å². The van der Waals surface area contributed by atoms with E-state index in [9.17, 15) is 14.4 Å². The molecule has 6 heteroatoms. The lowest BCUT2D eigenvalue weighted by Crippen LogP contribution is -2.30. The molecule has 0 fully saturated rings. The van der Waals surface area contributed by atoms with Gasteiger partial charge in [0.25, 0.3) is 0 Å². The molecule has 0 aromatic rings. The minimum absolute atomic E-state index is 0.0682. The fraction of sp³-hybridized carbons (Fsp3) is 0.847.